The van der Waals surface area contributed by atoms with Crippen molar-refractivity contribution in [3.8, 4) is 0 Å². The second-order valence-corrected chi connectivity index (χ2v) is 6.19. The highest BCUT2D eigenvalue weighted by Gasteiger charge is 2.28. The lowest BCUT2D eigenvalue weighted by Gasteiger charge is -2.32. The molecule has 94 valence electrons. The van der Waals surface area contributed by atoms with Gasteiger partial charge in [0.25, 0.3) is 0 Å². The van der Waals surface area contributed by atoms with Crippen LogP contribution in [0, 0.1) is 0 Å². The molecule has 3 rings (SSSR count). The molecular weight excluding hydrogens is 262 g/mol. The van der Waals surface area contributed by atoms with Crippen LogP contribution >= 0.6 is 22.9 Å². The Bertz CT molecular complexity index is 492. The van der Waals surface area contributed by atoms with Gasteiger partial charge in [-0.25, -0.2) is 0 Å². The average Bonchev–Trinajstić information content (AvgIpc) is 2.93. The van der Waals surface area contributed by atoms with Crippen LogP contribution in [0.5, 0.6) is 0 Å². The fourth-order valence-electron chi connectivity index (χ4n) is 2.76. The topological polar surface area (TPSA) is 12.0 Å². The molecule has 1 saturated heterocycles. The van der Waals surface area contributed by atoms with Crippen LogP contribution in [0.3, 0.4) is 0 Å². The second kappa shape index (κ2) is 5.43. The molecule has 1 aliphatic rings. The predicted molar refractivity (Wildman–Crippen MR) is 78.7 cm³/mol. The lowest BCUT2D eigenvalue weighted by atomic mass is 9.80. The maximum Gasteiger partial charge on any atom is 0.0406 e. The number of thiophene rings is 1. The van der Waals surface area contributed by atoms with E-state index in [0.717, 1.165) is 18.1 Å². The number of halogens is 1. The van der Waals surface area contributed by atoms with Crippen LogP contribution in [0.15, 0.2) is 41.8 Å². The van der Waals surface area contributed by atoms with Crippen LogP contribution in [0.4, 0.5) is 0 Å². The zero-order valence-corrected chi connectivity index (χ0v) is 11.7. The summed E-state index contributed by atoms with van der Waals surface area (Å²) in [5, 5.41) is 6.50. The van der Waals surface area contributed by atoms with Crippen molar-refractivity contribution in [1.82, 2.24) is 5.32 Å². The van der Waals surface area contributed by atoms with Gasteiger partial charge in [0, 0.05) is 28.3 Å². The summed E-state index contributed by atoms with van der Waals surface area (Å²) in [4.78, 5) is 1.51. The Kier molecular flexibility index (Phi) is 3.69. The molecule has 0 spiro atoms. The molecule has 18 heavy (non-hydrogen) atoms. The monoisotopic (exact) mass is 277 g/mol. The van der Waals surface area contributed by atoms with Crippen molar-refractivity contribution < 1.29 is 0 Å². The van der Waals surface area contributed by atoms with Crippen LogP contribution < -0.4 is 5.32 Å². The molecule has 2 heterocycles. The molecule has 0 radical (unpaired) electrons. The number of nitrogens with one attached hydrogen (secondary N) is 1. The van der Waals surface area contributed by atoms with Crippen molar-refractivity contribution in [3.05, 3.63) is 57.2 Å². The number of piperidine rings is 1. The molecule has 1 aromatic heterocycles. The summed E-state index contributed by atoms with van der Waals surface area (Å²) < 4.78 is 0. The van der Waals surface area contributed by atoms with Crippen molar-refractivity contribution in [3.63, 3.8) is 0 Å². The third-order valence-corrected chi connectivity index (χ3v) is 4.95. The summed E-state index contributed by atoms with van der Waals surface area (Å²) in [5.41, 5.74) is 1.39. The molecule has 0 amide bonds. The van der Waals surface area contributed by atoms with E-state index in [2.05, 4.69) is 35.0 Å². The molecule has 1 N–H and O–H groups in total. The highest BCUT2D eigenvalue weighted by molar-refractivity contribution is 7.10. The SMILES string of the molecule is Clc1ccc(C2CNCCC2c2cccs2)cc1. The standard InChI is InChI=1S/C15H16ClNS/c16-12-5-3-11(4-6-12)14-10-17-8-7-13(14)15-2-1-9-18-15/h1-6,9,13-14,17H,7-8,10H2. The molecule has 2 aromatic rings. The molecule has 0 aliphatic carbocycles. The normalized spacial score (nSPS) is 24.1. The van der Waals surface area contributed by atoms with E-state index in [1.165, 1.54) is 16.9 Å². The largest absolute Gasteiger partial charge is 0.316 e. The summed E-state index contributed by atoms with van der Waals surface area (Å²) in [6.07, 6.45) is 1.22. The molecule has 0 saturated carbocycles. The Hall–Kier alpha value is -0.830. The van der Waals surface area contributed by atoms with Crippen LogP contribution in [-0.2, 0) is 0 Å². The molecule has 2 atom stereocenters. The number of hydrogen-bond donors (Lipinski definition) is 1. The summed E-state index contributed by atoms with van der Waals surface area (Å²) in [6.45, 7) is 2.18. The minimum absolute atomic E-state index is 0.565. The quantitative estimate of drug-likeness (QED) is 0.865. The van der Waals surface area contributed by atoms with Gasteiger partial charge in [-0.15, -0.1) is 11.3 Å². The van der Waals surface area contributed by atoms with Crippen molar-refractivity contribution in [2.45, 2.75) is 18.3 Å². The maximum atomic E-state index is 5.97. The number of hydrogen-bond acceptors (Lipinski definition) is 2. The molecule has 2 unspecified atom stereocenters. The first-order valence-corrected chi connectivity index (χ1v) is 7.60. The highest BCUT2D eigenvalue weighted by Crippen LogP contribution is 2.39. The first-order chi connectivity index (χ1) is 8.84. The van der Waals surface area contributed by atoms with Crippen LogP contribution in [-0.4, -0.2) is 13.1 Å². The summed E-state index contributed by atoms with van der Waals surface area (Å²) in [7, 11) is 0. The maximum absolute atomic E-state index is 5.97. The Morgan fingerprint density at radius 3 is 2.67 bits per heavy atom. The Morgan fingerprint density at radius 2 is 1.94 bits per heavy atom. The number of benzene rings is 1. The second-order valence-electron chi connectivity index (χ2n) is 4.77. The zero-order valence-electron chi connectivity index (χ0n) is 10.1. The van der Waals surface area contributed by atoms with Gasteiger partial charge in [0.2, 0.25) is 0 Å². The average molecular weight is 278 g/mol. The van der Waals surface area contributed by atoms with Gasteiger partial charge < -0.3 is 5.32 Å². The molecule has 1 fully saturated rings. The van der Waals surface area contributed by atoms with E-state index < -0.39 is 0 Å². The van der Waals surface area contributed by atoms with Crippen molar-refractivity contribution in [1.29, 1.82) is 0 Å². The molecule has 3 heteroatoms. The fraction of sp³-hybridized carbons (Fsp3) is 0.333. The van der Waals surface area contributed by atoms with Gasteiger partial charge in [0.05, 0.1) is 0 Å². The van der Waals surface area contributed by atoms with Gasteiger partial charge in [-0.3, -0.25) is 0 Å². The van der Waals surface area contributed by atoms with E-state index in [9.17, 15) is 0 Å². The van der Waals surface area contributed by atoms with Gasteiger partial charge in [0.15, 0.2) is 0 Å². The first-order valence-electron chi connectivity index (χ1n) is 6.34. The summed E-state index contributed by atoms with van der Waals surface area (Å²) >= 11 is 7.85. The molecule has 1 nitrogen and oxygen atoms in total. The van der Waals surface area contributed by atoms with E-state index in [1.807, 2.05) is 23.5 Å². The Morgan fingerprint density at radius 1 is 1.11 bits per heavy atom. The predicted octanol–water partition coefficient (Wildman–Crippen LogP) is 4.26. The molecule has 0 bridgehead atoms. The van der Waals surface area contributed by atoms with Crippen LogP contribution in [0.25, 0.3) is 0 Å². The van der Waals surface area contributed by atoms with Gasteiger partial charge in [-0.05, 0) is 42.1 Å². The Balaban J connectivity index is 1.90. The van der Waals surface area contributed by atoms with Crippen molar-refractivity contribution >= 4 is 22.9 Å². The minimum atomic E-state index is 0.565. The first kappa shape index (κ1) is 12.2. The molecule has 1 aromatic carbocycles. The number of rotatable bonds is 2. The van der Waals surface area contributed by atoms with Crippen LogP contribution in [0.2, 0.25) is 5.02 Å². The summed E-state index contributed by atoms with van der Waals surface area (Å²) in [6, 6.07) is 12.7. The van der Waals surface area contributed by atoms with Crippen molar-refractivity contribution in [2.24, 2.45) is 0 Å². The third-order valence-electron chi connectivity index (χ3n) is 3.69. The molecule has 1 aliphatic heterocycles. The summed E-state index contributed by atoms with van der Waals surface area (Å²) in [5.74, 6) is 1.21. The van der Waals surface area contributed by atoms with Gasteiger partial charge in [0.1, 0.15) is 0 Å². The lowest BCUT2D eigenvalue weighted by Crippen LogP contribution is -2.33. The fourth-order valence-corrected chi connectivity index (χ4v) is 3.82. The zero-order chi connectivity index (χ0) is 12.4. The smallest absolute Gasteiger partial charge is 0.0406 e. The molecular formula is C15H16ClNS. The van der Waals surface area contributed by atoms with E-state index >= 15 is 0 Å². The van der Waals surface area contributed by atoms with E-state index in [0.29, 0.717) is 11.8 Å². The highest BCUT2D eigenvalue weighted by atomic mass is 35.5. The minimum Gasteiger partial charge on any atom is -0.316 e. The van der Waals surface area contributed by atoms with Crippen molar-refractivity contribution in [2.75, 3.05) is 13.1 Å². The van der Waals surface area contributed by atoms with E-state index in [4.69, 9.17) is 11.6 Å². The van der Waals surface area contributed by atoms with E-state index in [-0.39, 0.29) is 0 Å². The van der Waals surface area contributed by atoms with Crippen LogP contribution in [0.1, 0.15) is 28.7 Å². The van der Waals surface area contributed by atoms with Gasteiger partial charge in [-0.2, -0.15) is 0 Å². The van der Waals surface area contributed by atoms with Gasteiger partial charge in [-0.1, -0.05) is 29.8 Å². The third kappa shape index (κ3) is 2.46. The van der Waals surface area contributed by atoms with E-state index in [1.54, 1.807) is 0 Å². The van der Waals surface area contributed by atoms with Gasteiger partial charge >= 0.3 is 0 Å². The lowest BCUT2D eigenvalue weighted by molar-refractivity contribution is 0.408. The Labute approximate surface area is 117 Å².